The Bertz CT molecular complexity index is 678. The molecule has 146 valence electrons. The van der Waals surface area contributed by atoms with Crippen LogP contribution in [0, 0.1) is 17.8 Å². The lowest BCUT2D eigenvalue weighted by Crippen LogP contribution is -2.48. The topological polar surface area (TPSA) is 58.2 Å². The second-order valence-electron chi connectivity index (χ2n) is 8.98. The Morgan fingerprint density at radius 2 is 1.63 bits per heavy atom. The number of nitrogens with one attached hydrogen (secondary N) is 2. The zero-order valence-electron chi connectivity index (χ0n) is 16.0. The molecule has 5 rings (SSSR count). The number of amides is 2. The van der Waals surface area contributed by atoms with Gasteiger partial charge in [0.05, 0.1) is 0 Å². The number of carbonyl (C=O) groups is 2. The lowest BCUT2D eigenvalue weighted by Gasteiger charge is -2.57. The number of anilines is 1. The highest BCUT2D eigenvalue weighted by Gasteiger charge is 2.51. The molecular formula is C22H29ClN2O2. The van der Waals surface area contributed by atoms with Gasteiger partial charge in [0, 0.05) is 18.7 Å². The van der Waals surface area contributed by atoms with Crippen LogP contribution in [0.2, 0.25) is 0 Å². The zero-order chi connectivity index (χ0) is 19.0. The van der Waals surface area contributed by atoms with Crippen molar-refractivity contribution in [2.24, 2.45) is 17.8 Å². The molecule has 4 aliphatic rings. The average Bonchev–Trinajstić information content (AvgIpc) is 2.61. The minimum absolute atomic E-state index is 0.0971. The first-order valence-electron chi connectivity index (χ1n) is 10.3. The Labute approximate surface area is 166 Å². The molecule has 1 aromatic carbocycles. The largest absolute Gasteiger partial charge is 0.354 e. The predicted octanol–water partition coefficient (Wildman–Crippen LogP) is 4.23. The van der Waals surface area contributed by atoms with Crippen molar-refractivity contribution >= 4 is 29.1 Å². The number of benzene rings is 1. The van der Waals surface area contributed by atoms with Crippen molar-refractivity contribution in [2.75, 3.05) is 11.9 Å². The molecule has 27 heavy (non-hydrogen) atoms. The maximum absolute atomic E-state index is 12.1. The van der Waals surface area contributed by atoms with Crippen LogP contribution in [-0.2, 0) is 15.0 Å². The summed E-state index contributed by atoms with van der Waals surface area (Å²) < 4.78 is 0. The van der Waals surface area contributed by atoms with Crippen molar-refractivity contribution in [3.63, 3.8) is 0 Å². The summed E-state index contributed by atoms with van der Waals surface area (Å²) in [6.07, 6.45) is 8.65. The molecule has 2 amide bonds. The van der Waals surface area contributed by atoms with Crippen LogP contribution < -0.4 is 10.6 Å². The standard InChI is InChI=1S/C22H29ClN2O2/c1-14(23)21(27)24-7-6-20(26)25-19-4-2-18(3-5-19)22-11-15-8-16(12-22)10-17(9-15)13-22/h2-5,14-17H,6-13H2,1H3,(H,24,27)(H,25,26)/t14-,15?,16?,17?,22?/m0/s1. The molecule has 4 saturated carbocycles. The number of hydrogen-bond acceptors (Lipinski definition) is 2. The summed E-state index contributed by atoms with van der Waals surface area (Å²) >= 11 is 5.69. The van der Waals surface area contributed by atoms with Crippen molar-refractivity contribution < 1.29 is 9.59 Å². The van der Waals surface area contributed by atoms with Crippen LogP contribution >= 0.6 is 11.6 Å². The average molecular weight is 389 g/mol. The van der Waals surface area contributed by atoms with Gasteiger partial charge in [-0.05, 0) is 86.3 Å². The molecule has 4 aliphatic carbocycles. The molecule has 0 saturated heterocycles. The Balaban J connectivity index is 1.33. The van der Waals surface area contributed by atoms with E-state index in [0.29, 0.717) is 12.0 Å². The highest BCUT2D eigenvalue weighted by molar-refractivity contribution is 6.30. The summed E-state index contributed by atoms with van der Waals surface area (Å²) in [5.41, 5.74) is 2.67. The lowest BCUT2D eigenvalue weighted by atomic mass is 9.48. The van der Waals surface area contributed by atoms with Crippen molar-refractivity contribution in [3.05, 3.63) is 29.8 Å². The van der Waals surface area contributed by atoms with Crippen LogP contribution in [0.5, 0.6) is 0 Å². The third-order valence-corrected chi connectivity index (χ3v) is 7.03. The van der Waals surface area contributed by atoms with Gasteiger partial charge in [-0.2, -0.15) is 0 Å². The first-order valence-corrected chi connectivity index (χ1v) is 10.7. The first kappa shape index (κ1) is 18.8. The van der Waals surface area contributed by atoms with Crippen molar-refractivity contribution in [3.8, 4) is 0 Å². The summed E-state index contributed by atoms with van der Waals surface area (Å²) in [6.45, 7) is 1.91. The van der Waals surface area contributed by atoms with Crippen LogP contribution in [0.15, 0.2) is 24.3 Å². The van der Waals surface area contributed by atoms with E-state index in [1.54, 1.807) is 6.92 Å². The lowest BCUT2D eigenvalue weighted by molar-refractivity contribution is -0.120. The zero-order valence-corrected chi connectivity index (χ0v) is 16.7. The molecule has 0 radical (unpaired) electrons. The minimum Gasteiger partial charge on any atom is -0.354 e. The quantitative estimate of drug-likeness (QED) is 0.716. The molecule has 4 fully saturated rings. The summed E-state index contributed by atoms with van der Waals surface area (Å²) in [5, 5.41) is 4.99. The Hall–Kier alpha value is -1.55. The molecule has 4 nitrogen and oxygen atoms in total. The van der Waals surface area contributed by atoms with Gasteiger partial charge in [-0.1, -0.05) is 12.1 Å². The van der Waals surface area contributed by atoms with Gasteiger partial charge in [0.25, 0.3) is 0 Å². The highest BCUT2D eigenvalue weighted by Crippen LogP contribution is 2.60. The molecule has 0 aromatic heterocycles. The molecular weight excluding hydrogens is 360 g/mol. The van der Waals surface area contributed by atoms with Crippen LogP contribution in [0.25, 0.3) is 0 Å². The van der Waals surface area contributed by atoms with E-state index in [9.17, 15) is 9.59 Å². The molecule has 0 aliphatic heterocycles. The van der Waals surface area contributed by atoms with E-state index >= 15 is 0 Å². The van der Waals surface area contributed by atoms with E-state index in [2.05, 4.69) is 22.8 Å². The molecule has 0 unspecified atom stereocenters. The Kier molecular flexibility index (Phi) is 5.19. The Morgan fingerprint density at radius 1 is 1.07 bits per heavy atom. The third-order valence-electron chi connectivity index (χ3n) is 6.83. The van der Waals surface area contributed by atoms with Gasteiger partial charge in [0.15, 0.2) is 0 Å². The minimum atomic E-state index is -0.579. The van der Waals surface area contributed by atoms with E-state index in [0.717, 1.165) is 23.4 Å². The van der Waals surface area contributed by atoms with E-state index in [1.165, 1.54) is 44.1 Å². The van der Waals surface area contributed by atoms with Crippen LogP contribution in [0.3, 0.4) is 0 Å². The van der Waals surface area contributed by atoms with Crippen LogP contribution in [0.4, 0.5) is 5.69 Å². The van der Waals surface area contributed by atoms with Crippen LogP contribution in [0.1, 0.15) is 57.4 Å². The third kappa shape index (κ3) is 4.01. The van der Waals surface area contributed by atoms with E-state index in [4.69, 9.17) is 11.6 Å². The van der Waals surface area contributed by atoms with Crippen molar-refractivity contribution in [1.29, 1.82) is 0 Å². The highest BCUT2D eigenvalue weighted by atomic mass is 35.5. The van der Waals surface area contributed by atoms with Gasteiger partial charge in [-0.25, -0.2) is 0 Å². The molecule has 0 heterocycles. The van der Waals surface area contributed by atoms with Gasteiger partial charge in [-0.15, -0.1) is 11.6 Å². The van der Waals surface area contributed by atoms with E-state index in [1.807, 2.05) is 12.1 Å². The molecule has 1 atom stereocenters. The van der Waals surface area contributed by atoms with E-state index in [-0.39, 0.29) is 18.2 Å². The maximum atomic E-state index is 12.1. The second kappa shape index (κ2) is 7.46. The van der Waals surface area contributed by atoms with Gasteiger partial charge < -0.3 is 10.6 Å². The first-order chi connectivity index (χ1) is 12.9. The number of rotatable bonds is 6. The summed E-state index contributed by atoms with van der Waals surface area (Å²) in [5.74, 6) is 2.45. The molecule has 1 aromatic rings. The van der Waals surface area contributed by atoms with Crippen molar-refractivity contribution in [1.82, 2.24) is 5.32 Å². The van der Waals surface area contributed by atoms with Gasteiger partial charge in [-0.3, -0.25) is 9.59 Å². The molecule has 5 heteroatoms. The summed E-state index contributed by atoms with van der Waals surface area (Å²) in [4.78, 5) is 23.5. The normalized spacial score (nSPS) is 32.1. The molecule has 2 N–H and O–H groups in total. The van der Waals surface area contributed by atoms with Gasteiger partial charge in [0.1, 0.15) is 5.38 Å². The predicted molar refractivity (Wildman–Crippen MR) is 108 cm³/mol. The van der Waals surface area contributed by atoms with Gasteiger partial charge >= 0.3 is 0 Å². The number of carbonyl (C=O) groups excluding carboxylic acids is 2. The summed E-state index contributed by atoms with van der Waals surface area (Å²) in [6, 6.07) is 8.51. The molecule has 0 spiro atoms. The molecule has 4 bridgehead atoms. The van der Waals surface area contributed by atoms with E-state index < -0.39 is 5.38 Å². The van der Waals surface area contributed by atoms with Crippen molar-refractivity contribution in [2.45, 2.75) is 62.7 Å². The second-order valence-corrected chi connectivity index (χ2v) is 9.64. The fraction of sp³-hybridized carbons (Fsp3) is 0.636. The smallest absolute Gasteiger partial charge is 0.237 e. The SMILES string of the molecule is C[C@H](Cl)C(=O)NCCC(=O)Nc1ccc(C23CC4CC(CC(C4)C2)C3)cc1. The fourth-order valence-electron chi connectivity index (χ4n) is 6.03. The Morgan fingerprint density at radius 3 is 2.15 bits per heavy atom. The summed E-state index contributed by atoms with van der Waals surface area (Å²) in [7, 11) is 0. The van der Waals surface area contributed by atoms with Gasteiger partial charge in [0.2, 0.25) is 11.8 Å². The maximum Gasteiger partial charge on any atom is 0.237 e. The monoisotopic (exact) mass is 388 g/mol. The fourth-order valence-corrected chi connectivity index (χ4v) is 6.11. The number of hydrogen-bond donors (Lipinski definition) is 2. The number of halogens is 1. The number of alkyl halides is 1. The van der Waals surface area contributed by atoms with Crippen LogP contribution in [-0.4, -0.2) is 23.7 Å².